The van der Waals surface area contributed by atoms with Crippen molar-refractivity contribution < 1.29 is 0 Å². The molecule has 0 bridgehead atoms. The Kier molecular flexibility index (Phi) is 4.34. The van der Waals surface area contributed by atoms with Crippen molar-refractivity contribution in [3.63, 3.8) is 0 Å². The summed E-state index contributed by atoms with van der Waals surface area (Å²) in [5.74, 6) is 1.64. The molecule has 0 radical (unpaired) electrons. The average molecular weight is 284 g/mol. The number of benzene rings is 1. The third-order valence-electron chi connectivity index (χ3n) is 4.53. The predicted molar refractivity (Wildman–Crippen MR) is 87.6 cm³/mol. The van der Waals surface area contributed by atoms with Crippen molar-refractivity contribution in [1.82, 2.24) is 15.3 Å². The van der Waals surface area contributed by atoms with Crippen molar-refractivity contribution in [1.29, 1.82) is 0 Å². The molecule has 1 aromatic heterocycles. The number of aromatic nitrogens is 2. The Labute approximate surface area is 126 Å². The Hall–Kier alpha value is -1.68. The second kappa shape index (κ2) is 6.39. The van der Waals surface area contributed by atoms with E-state index in [0.29, 0.717) is 6.04 Å². The minimum absolute atomic E-state index is 0.606. The fourth-order valence-corrected chi connectivity index (χ4v) is 3.20. The number of nitrogens with zero attached hydrogens (tertiary/aromatic N) is 3. The topological polar surface area (TPSA) is 41.0 Å². The van der Waals surface area contributed by atoms with Crippen LogP contribution in [0.3, 0.4) is 0 Å². The second-order valence-electron chi connectivity index (χ2n) is 5.90. The zero-order chi connectivity index (χ0) is 14.7. The van der Waals surface area contributed by atoms with Gasteiger partial charge in [-0.2, -0.15) is 0 Å². The van der Waals surface area contributed by atoms with E-state index >= 15 is 0 Å². The number of hydrogen-bond donors (Lipinski definition) is 1. The van der Waals surface area contributed by atoms with Gasteiger partial charge < -0.3 is 10.2 Å². The lowest BCUT2D eigenvalue weighted by atomic mass is 9.90. The fraction of sp³-hybridized carbons (Fsp3) is 0.529. The number of anilines is 1. The Bertz CT molecular complexity index is 590. The second-order valence-corrected chi connectivity index (χ2v) is 5.90. The van der Waals surface area contributed by atoms with Crippen molar-refractivity contribution in [3.05, 3.63) is 30.5 Å². The van der Waals surface area contributed by atoms with Gasteiger partial charge in [0, 0.05) is 30.7 Å². The summed E-state index contributed by atoms with van der Waals surface area (Å²) in [4.78, 5) is 11.6. The smallest absolute Gasteiger partial charge is 0.225 e. The van der Waals surface area contributed by atoms with Gasteiger partial charge in [0.05, 0.1) is 5.52 Å². The summed E-state index contributed by atoms with van der Waals surface area (Å²) >= 11 is 0. The first-order valence-corrected chi connectivity index (χ1v) is 7.98. The lowest BCUT2D eigenvalue weighted by molar-refractivity contribution is 0.313. The maximum absolute atomic E-state index is 4.70. The number of piperidine rings is 1. The Balaban J connectivity index is 1.68. The third-order valence-corrected chi connectivity index (χ3v) is 4.53. The summed E-state index contributed by atoms with van der Waals surface area (Å²) in [7, 11) is 0. The Morgan fingerprint density at radius 1 is 1.29 bits per heavy atom. The molecule has 4 nitrogen and oxygen atoms in total. The molecule has 1 aliphatic rings. The number of hydrogen-bond acceptors (Lipinski definition) is 4. The summed E-state index contributed by atoms with van der Waals surface area (Å²) in [6, 6.07) is 8.78. The molecule has 4 heteroatoms. The molecule has 0 saturated carbocycles. The van der Waals surface area contributed by atoms with Crippen LogP contribution >= 0.6 is 0 Å². The largest absolute Gasteiger partial charge is 0.341 e. The van der Waals surface area contributed by atoms with Gasteiger partial charge in [-0.1, -0.05) is 25.1 Å². The van der Waals surface area contributed by atoms with E-state index in [2.05, 4.69) is 41.2 Å². The molecule has 2 aromatic rings. The van der Waals surface area contributed by atoms with E-state index in [-0.39, 0.29) is 0 Å². The molecule has 1 aliphatic heterocycles. The zero-order valence-corrected chi connectivity index (χ0v) is 12.9. The van der Waals surface area contributed by atoms with E-state index in [9.17, 15) is 0 Å². The molecule has 21 heavy (non-hydrogen) atoms. The van der Waals surface area contributed by atoms with Gasteiger partial charge in [-0.15, -0.1) is 0 Å². The van der Waals surface area contributed by atoms with Gasteiger partial charge in [-0.25, -0.2) is 9.97 Å². The van der Waals surface area contributed by atoms with Crippen LogP contribution < -0.4 is 10.2 Å². The maximum Gasteiger partial charge on any atom is 0.225 e. The first kappa shape index (κ1) is 14.3. The van der Waals surface area contributed by atoms with Crippen LogP contribution in [0.1, 0.15) is 26.7 Å². The molecule has 1 saturated heterocycles. The van der Waals surface area contributed by atoms with Crippen molar-refractivity contribution in [2.45, 2.75) is 32.7 Å². The zero-order valence-electron chi connectivity index (χ0n) is 12.9. The van der Waals surface area contributed by atoms with Crippen LogP contribution in [0.2, 0.25) is 0 Å². The van der Waals surface area contributed by atoms with Crippen LogP contribution in [0.4, 0.5) is 5.95 Å². The molecular formula is C17H24N4. The molecular weight excluding hydrogens is 260 g/mol. The first-order valence-electron chi connectivity index (χ1n) is 7.98. The van der Waals surface area contributed by atoms with Crippen LogP contribution in [0.5, 0.6) is 0 Å². The van der Waals surface area contributed by atoms with Gasteiger partial charge >= 0.3 is 0 Å². The minimum atomic E-state index is 0.606. The number of para-hydroxylation sites is 1. The maximum atomic E-state index is 4.70. The molecule has 3 rings (SSSR count). The van der Waals surface area contributed by atoms with E-state index in [0.717, 1.165) is 42.4 Å². The minimum Gasteiger partial charge on any atom is -0.341 e. The van der Waals surface area contributed by atoms with Crippen LogP contribution in [-0.2, 0) is 0 Å². The summed E-state index contributed by atoms with van der Waals surface area (Å²) in [6.45, 7) is 7.64. The van der Waals surface area contributed by atoms with E-state index in [1.807, 2.05) is 18.3 Å². The highest BCUT2D eigenvalue weighted by Crippen LogP contribution is 2.24. The van der Waals surface area contributed by atoms with Crippen molar-refractivity contribution in [2.75, 3.05) is 24.5 Å². The van der Waals surface area contributed by atoms with E-state index in [1.54, 1.807) is 0 Å². The lowest BCUT2D eigenvalue weighted by Crippen LogP contribution is -2.42. The van der Waals surface area contributed by atoms with Crippen molar-refractivity contribution in [2.24, 2.45) is 5.92 Å². The van der Waals surface area contributed by atoms with Gasteiger partial charge in [0.15, 0.2) is 0 Å². The number of fused-ring (bicyclic) bond motifs is 1. The van der Waals surface area contributed by atoms with Crippen molar-refractivity contribution >= 4 is 16.9 Å². The standard InChI is InChI=1S/C17H24N4/c1-3-18-13(2)14-8-10-21(11-9-14)17-19-12-15-6-4-5-7-16(15)20-17/h4-7,12-14,18H,3,8-11H2,1-2H3. The molecule has 0 amide bonds. The molecule has 112 valence electrons. The molecule has 1 fully saturated rings. The van der Waals surface area contributed by atoms with Gasteiger partial charge in [0.2, 0.25) is 5.95 Å². The molecule has 1 aromatic carbocycles. The monoisotopic (exact) mass is 284 g/mol. The molecule has 2 heterocycles. The van der Waals surface area contributed by atoms with Crippen LogP contribution in [0.15, 0.2) is 30.5 Å². The molecule has 0 spiro atoms. The fourth-order valence-electron chi connectivity index (χ4n) is 3.20. The van der Waals surface area contributed by atoms with Crippen LogP contribution in [0, 0.1) is 5.92 Å². The highest BCUT2D eigenvalue weighted by atomic mass is 15.2. The Morgan fingerprint density at radius 3 is 2.81 bits per heavy atom. The third kappa shape index (κ3) is 3.16. The van der Waals surface area contributed by atoms with Crippen molar-refractivity contribution in [3.8, 4) is 0 Å². The first-order chi connectivity index (χ1) is 10.3. The number of rotatable bonds is 4. The highest BCUT2D eigenvalue weighted by Gasteiger charge is 2.24. The normalized spacial score (nSPS) is 18.1. The van der Waals surface area contributed by atoms with E-state index < -0.39 is 0 Å². The molecule has 1 unspecified atom stereocenters. The molecule has 1 atom stereocenters. The average Bonchev–Trinajstić information content (AvgIpc) is 2.55. The SMILES string of the molecule is CCNC(C)C1CCN(c2ncc3ccccc3n2)CC1. The highest BCUT2D eigenvalue weighted by molar-refractivity contribution is 5.78. The summed E-state index contributed by atoms with van der Waals surface area (Å²) in [5.41, 5.74) is 1.03. The lowest BCUT2D eigenvalue weighted by Gasteiger charge is -2.35. The number of nitrogens with one attached hydrogen (secondary N) is 1. The van der Waals surface area contributed by atoms with E-state index in [4.69, 9.17) is 4.98 Å². The van der Waals surface area contributed by atoms with Gasteiger partial charge in [-0.3, -0.25) is 0 Å². The summed E-state index contributed by atoms with van der Waals surface area (Å²) in [5, 5.41) is 4.65. The van der Waals surface area contributed by atoms with Crippen LogP contribution in [-0.4, -0.2) is 35.6 Å². The van der Waals surface area contributed by atoms with Gasteiger partial charge in [0.25, 0.3) is 0 Å². The Morgan fingerprint density at radius 2 is 2.05 bits per heavy atom. The summed E-state index contributed by atoms with van der Waals surface area (Å²) in [6.07, 6.45) is 4.36. The molecule has 0 aliphatic carbocycles. The van der Waals surface area contributed by atoms with E-state index in [1.165, 1.54) is 12.8 Å². The van der Waals surface area contributed by atoms with Gasteiger partial charge in [-0.05, 0) is 38.3 Å². The summed E-state index contributed by atoms with van der Waals surface area (Å²) < 4.78 is 0. The van der Waals surface area contributed by atoms with Crippen LogP contribution in [0.25, 0.3) is 10.9 Å². The predicted octanol–water partition coefficient (Wildman–Crippen LogP) is 2.84. The quantitative estimate of drug-likeness (QED) is 0.937. The van der Waals surface area contributed by atoms with Gasteiger partial charge in [0.1, 0.15) is 0 Å². The molecule has 1 N–H and O–H groups in total.